The molecule has 4 rings (SSSR count). The molecule has 3 aromatic rings. The lowest BCUT2D eigenvalue weighted by molar-refractivity contribution is 0.506. The third-order valence-electron chi connectivity index (χ3n) is 4.98. The van der Waals surface area contributed by atoms with Gasteiger partial charge in [-0.25, -0.2) is 0 Å². The molecule has 24 heavy (non-hydrogen) atoms. The summed E-state index contributed by atoms with van der Waals surface area (Å²) in [6, 6.07) is 20.9. The molecule has 0 aliphatic carbocycles. The molecule has 1 aliphatic heterocycles. The van der Waals surface area contributed by atoms with Crippen LogP contribution in [0, 0.1) is 11.3 Å². The minimum Gasteiger partial charge on any atom is -0.370 e. The zero-order chi connectivity index (χ0) is 16.4. The van der Waals surface area contributed by atoms with E-state index in [1.807, 2.05) is 24.4 Å². The molecule has 0 spiro atoms. The van der Waals surface area contributed by atoms with Crippen molar-refractivity contribution in [3.8, 4) is 6.07 Å². The first-order chi connectivity index (χ1) is 11.9. The lowest BCUT2D eigenvalue weighted by Crippen LogP contribution is -2.33. The Morgan fingerprint density at radius 2 is 1.75 bits per heavy atom. The van der Waals surface area contributed by atoms with Crippen LogP contribution in [0.5, 0.6) is 0 Å². The molecule has 0 radical (unpaired) electrons. The monoisotopic (exact) mass is 313 g/mol. The third-order valence-corrected chi connectivity index (χ3v) is 4.98. The van der Waals surface area contributed by atoms with Crippen LogP contribution in [0.25, 0.3) is 10.9 Å². The first kappa shape index (κ1) is 14.7. The fraction of sp³-hybridized carbons (Fsp3) is 0.238. The van der Waals surface area contributed by atoms with Gasteiger partial charge in [0.1, 0.15) is 0 Å². The standard InChI is InChI=1S/C21H19N3/c22-15-18-8-9-20(21-19(18)7-4-12-23-21)24-13-10-17(11-14-24)16-5-2-1-3-6-16/h1-9,12,17H,10-11,13-14H2. The van der Waals surface area contributed by atoms with E-state index in [-0.39, 0.29) is 0 Å². The van der Waals surface area contributed by atoms with Crippen LogP contribution in [0.4, 0.5) is 5.69 Å². The van der Waals surface area contributed by atoms with Crippen LogP contribution in [0.2, 0.25) is 0 Å². The van der Waals surface area contributed by atoms with E-state index in [1.165, 1.54) is 5.56 Å². The van der Waals surface area contributed by atoms with Crippen LogP contribution in [0.1, 0.15) is 29.9 Å². The summed E-state index contributed by atoms with van der Waals surface area (Å²) >= 11 is 0. The van der Waals surface area contributed by atoms with Gasteiger partial charge in [-0.1, -0.05) is 30.3 Å². The van der Waals surface area contributed by atoms with E-state index in [4.69, 9.17) is 0 Å². The smallest absolute Gasteiger partial charge is 0.0998 e. The van der Waals surface area contributed by atoms with Gasteiger partial charge in [0.15, 0.2) is 0 Å². The van der Waals surface area contributed by atoms with Gasteiger partial charge < -0.3 is 4.90 Å². The number of hydrogen-bond acceptors (Lipinski definition) is 3. The lowest BCUT2D eigenvalue weighted by atomic mass is 9.89. The molecule has 0 atom stereocenters. The number of nitrogens with zero attached hydrogens (tertiary/aromatic N) is 3. The first-order valence-electron chi connectivity index (χ1n) is 8.44. The number of nitriles is 1. The Labute approximate surface area is 142 Å². The van der Waals surface area contributed by atoms with Gasteiger partial charge in [0.2, 0.25) is 0 Å². The van der Waals surface area contributed by atoms with E-state index in [2.05, 4.69) is 52.4 Å². The molecule has 118 valence electrons. The Morgan fingerprint density at radius 1 is 0.958 bits per heavy atom. The highest BCUT2D eigenvalue weighted by Crippen LogP contribution is 2.33. The zero-order valence-electron chi connectivity index (χ0n) is 13.5. The number of hydrogen-bond donors (Lipinski definition) is 0. The minimum atomic E-state index is 0.639. The quantitative estimate of drug-likeness (QED) is 0.700. The summed E-state index contributed by atoms with van der Waals surface area (Å²) in [5.41, 5.74) is 4.23. The molecule has 0 N–H and O–H groups in total. The van der Waals surface area contributed by atoms with Crippen molar-refractivity contribution in [1.29, 1.82) is 5.26 Å². The summed E-state index contributed by atoms with van der Waals surface area (Å²) < 4.78 is 0. The highest BCUT2D eigenvalue weighted by atomic mass is 15.1. The second-order valence-electron chi connectivity index (χ2n) is 6.32. The molecular formula is C21H19N3. The molecule has 0 unspecified atom stereocenters. The van der Waals surface area contributed by atoms with Gasteiger partial charge in [-0.2, -0.15) is 5.26 Å². The molecule has 1 aromatic heterocycles. The summed E-state index contributed by atoms with van der Waals surface area (Å²) in [6.07, 6.45) is 4.11. The van der Waals surface area contributed by atoms with Gasteiger partial charge in [0.25, 0.3) is 0 Å². The number of pyridine rings is 1. The largest absolute Gasteiger partial charge is 0.370 e. The molecule has 0 saturated carbocycles. The summed E-state index contributed by atoms with van der Waals surface area (Å²) in [5.74, 6) is 0.639. The van der Waals surface area contributed by atoms with E-state index in [1.54, 1.807) is 0 Å². The maximum absolute atomic E-state index is 9.31. The van der Waals surface area contributed by atoms with Crippen LogP contribution in [-0.4, -0.2) is 18.1 Å². The summed E-state index contributed by atoms with van der Waals surface area (Å²) in [7, 11) is 0. The lowest BCUT2D eigenvalue weighted by Gasteiger charge is -2.34. The van der Waals surface area contributed by atoms with Gasteiger partial charge >= 0.3 is 0 Å². The van der Waals surface area contributed by atoms with Crippen molar-refractivity contribution in [3.05, 3.63) is 71.9 Å². The van der Waals surface area contributed by atoms with Crippen LogP contribution >= 0.6 is 0 Å². The normalized spacial score (nSPS) is 15.4. The summed E-state index contributed by atoms with van der Waals surface area (Å²) in [6.45, 7) is 2.05. The Hall–Kier alpha value is -2.86. The maximum atomic E-state index is 9.31. The Bertz CT molecular complexity index is 888. The Morgan fingerprint density at radius 3 is 2.50 bits per heavy atom. The second-order valence-corrected chi connectivity index (χ2v) is 6.32. The number of rotatable bonds is 2. The summed E-state index contributed by atoms with van der Waals surface area (Å²) in [4.78, 5) is 6.96. The second kappa shape index (κ2) is 6.33. The third kappa shape index (κ3) is 2.61. The molecule has 3 heteroatoms. The van der Waals surface area contributed by atoms with Gasteiger partial charge in [-0.05, 0) is 48.6 Å². The molecule has 1 fully saturated rings. The van der Waals surface area contributed by atoms with Crippen molar-refractivity contribution in [2.75, 3.05) is 18.0 Å². The highest BCUT2D eigenvalue weighted by molar-refractivity contribution is 5.94. The molecule has 2 heterocycles. The van der Waals surface area contributed by atoms with E-state index < -0.39 is 0 Å². The molecule has 2 aromatic carbocycles. The molecule has 1 saturated heterocycles. The van der Waals surface area contributed by atoms with Gasteiger partial charge in [-0.15, -0.1) is 0 Å². The van der Waals surface area contributed by atoms with Crippen molar-refractivity contribution < 1.29 is 0 Å². The Kier molecular flexibility index (Phi) is 3.88. The molecular weight excluding hydrogens is 294 g/mol. The minimum absolute atomic E-state index is 0.639. The first-order valence-corrected chi connectivity index (χ1v) is 8.44. The number of benzene rings is 2. The van der Waals surface area contributed by atoms with Crippen molar-refractivity contribution in [1.82, 2.24) is 4.98 Å². The average molecular weight is 313 g/mol. The van der Waals surface area contributed by atoms with Gasteiger partial charge in [-0.3, -0.25) is 4.98 Å². The molecule has 0 bridgehead atoms. The topological polar surface area (TPSA) is 39.9 Å². The van der Waals surface area contributed by atoms with Crippen LogP contribution in [-0.2, 0) is 0 Å². The highest BCUT2D eigenvalue weighted by Gasteiger charge is 2.22. The van der Waals surface area contributed by atoms with Crippen molar-refractivity contribution in [3.63, 3.8) is 0 Å². The van der Waals surface area contributed by atoms with Crippen LogP contribution < -0.4 is 4.90 Å². The SMILES string of the molecule is N#Cc1ccc(N2CCC(c3ccccc3)CC2)c2ncccc12. The molecule has 1 aliphatic rings. The Balaban J connectivity index is 1.61. The van der Waals surface area contributed by atoms with Crippen LogP contribution in [0.3, 0.4) is 0 Å². The number of piperidine rings is 1. The van der Waals surface area contributed by atoms with E-state index >= 15 is 0 Å². The molecule has 3 nitrogen and oxygen atoms in total. The number of anilines is 1. The fourth-order valence-corrected chi connectivity index (χ4v) is 3.69. The van der Waals surface area contributed by atoms with Crippen LogP contribution in [0.15, 0.2) is 60.8 Å². The van der Waals surface area contributed by atoms with Crippen molar-refractivity contribution in [2.24, 2.45) is 0 Å². The number of fused-ring (bicyclic) bond motifs is 1. The maximum Gasteiger partial charge on any atom is 0.0998 e. The number of aromatic nitrogens is 1. The molecule has 0 amide bonds. The summed E-state index contributed by atoms with van der Waals surface area (Å²) in [5, 5.41) is 10.3. The van der Waals surface area contributed by atoms with Gasteiger partial charge in [0.05, 0.1) is 22.8 Å². The van der Waals surface area contributed by atoms with Crippen molar-refractivity contribution >= 4 is 16.6 Å². The van der Waals surface area contributed by atoms with E-state index in [0.717, 1.165) is 42.5 Å². The predicted molar refractivity (Wildman–Crippen MR) is 97.1 cm³/mol. The van der Waals surface area contributed by atoms with Crippen molar-refractivity contribution in [2.45, 2.75) is 18.8 Å². The van der Waals surface area contributed by atoms with E-state index in [9.17, 15) is 5.26 Å². The van der Waals surface area contributed by atoms with E-state index in [0.29, 0.717) is 11.5 Å². The average Bonchev–Trinajstić information content (AvgIpc) is 2.68. The van der Waals surface area contributed by atoms with Gasteiger partial charge in [0, 0.05) is 24.7 Å². The fourth-order valence-electron chi connectivity index (χ4n) is 3.69. The zero-order valence-corrected chi connectivity index (χ0v) is 13.5. The predicted octanol–water partition coefficient (Wildman–Crippen LogP) is 4.49.